The summed E-state index contributed by atoms with van der Waals surface area (Å²) in [4.78, 5) is 4.77. The highest BCUT2D eigenvalue weighted by atomic mass is 19.1. The molecule has 1 aliphatic carbocycles. The first-order valence-electron chi connectivity index (χ1n) is 10.4. The van der Waals surface area contributed by atoms with Crippen molar-refractivity contribution in [3.63, 3.8) is 0 Å². The Morgan fingerprint density at radius 3 is 2.52 bits per heavy atom. The fourth-order valence-corrected chi connectivity index (χ4v) is 4.53. The summed E-state index contributed by atoms with van der Waals surface area (Å²) in [5.74, 6) is 0.783. The molecule has 4 rings (SSSR count). The van der Waals surface area contributed by atoms with Gasteiger partial charge in [0.05, 0.1) is 5.69 Å². The van der Waals surface area contributed by atoms with E-state index in [0.29, 0.717) is 18.1 Å². The molecule has 0 spiro atoms. The van der Waals surface area contributed by atoms with E-state index in [1.165, 1.54) is 22.3 Å². The fraction of sp³-hybridized carbons (Fsp3) is 0.346. The van der Waals surface area contributed by atoms with Gasteiger partial charge < -0.3 is 5.11 Å². The van der Waals surface area contributed by atoms with Crippen molar-refractivity contribution in [2.75, 3.05) is 0 Å². The smallest absolute Gasteiger partial charge is 0.125 e. The van der Waals surface area contributed by atoms with Crippen LogP contribution in [0.2, 0.25) is 0 Å². The summed E-state index contributed by atoms with van der Waals surface area (Å²) in [6.07, 6.45) is 2.76. The van der Waals surface area contributed by atoms with Crippen LogP contribution < -0.4 is 0 Å². The molecule has 0 aliphatic heterocycles. The Hall–Kier alpha value is -2.68. The molecule has 0 fully saturated rings. The molecule has 1 aliphatic rings. The van der Waals surface area contributed by atoms with Gasteiger partial charge in [0.15, 0.2) is 0 Å². The molecular formula is C26H28FNO. The van der Waals surface area contributed by atoms with Crippen LogP contribution in [0.25, 0.3) is 0 Å². The summed E-state index contributed by atoms with van der Waals surface area (Å²) in [6.45, 7) is 8.13. The largest absolute Gasteiger partial charge is 0.507 e. The molecule has 0 bridgehead atoms. The molecule has 0 saturated carbocycles. The van der Waals surface area contributed by atoms with Crippen LogP contribution in [-0.2, 0) is 12.8 Å². The molecule has 150 valence electrons. The van der Waals surface area contributed by atoms with Gasteiger partial charge in [0, 0.05) is 29.2 Å². The molecule has 1 heterocycles. The molecule has 3 aromatic rings. The van der Waals surface area contributed by atoms with Gasteiger partial charge in [0.1, 0.15) is 11.6 Å². The second-order valence-corrected chi connectivity index (χ2v) is 8.54. The number of benzene rings is 2. The lowest BCUT2D eigenvalue weighted by molar-refractivity contribution is 0.460. The third-order valence-electron chi connectivity index (χ3n) is 6.27. The molecule has 0 saturated heterocycles. The van der Waals surface area contributed by atoms with Crippen LogP contribution in [0.4, 0.5) is 4.39 Å². The lowest BCUT2D eigenvalue weighted by Crippen LogP contribution is -2.06. The minimum Gasteiger partial charge on any atom is -0.507 e. The molecule has 0 radical (unpaired) electrons. The number of aromatic hydroxyl groups is 1. The Morgan fingerprint density at radius 2 is 1.83 bits per heavy atom. The van der Waals surface area contributed by atoms with E-state index in [2.05, 4.69) is 32.0 Å². The van der Waals surface area contributed by atoms with Crippen LogP contribution in [-0.4, -0.2) is 10.1 Å². The quantitative estimate of drug-likeness (QED) is 0.565. The molecule has 1 aromatic heterocycles. The maximum Gasteiger partial charge on any atom is 0.125 e. The zero-order valence-electron chi connectivity index (χ0n) is 17.6. The van der Waals surface area contributed by atoms with Crippen molar-refractivity contribution in [1.82, 2.24) is 4.98 Å². The van der Waals surface area contributed by atoms with Crippen molar-refractivity contribution in [2.24, 2.45) is 0 Å². The highest BCUT2D eigenvalue weighted by Crippen LogP contribution is 2.39. The third-order valence-corrected chi connectivity index (χ3v) is 6.27. The average Bonchev–Trinajstić information content (AvgIpc) is 3.12. The SMILES string of the molecule is Cc1nc(C(C)C)c(Cc2ccc3c(c2)CCC3c2ccc(F)cc2)c(O)c1C. The second kappa shape index (κ2) is 7.62. The Labute approximate surface area is 172 Å². The Kier molecular flexibility index (Phi) is 5.16. The van der Waals surface area contributed by atoms with E-state index >= 15 is 0 Å². The van der Waals surface area contributed by atoms with E-state index in [9.17, 15) is 9.50 Å². The summed E-state index contributed by atoms with van der Waals surface area (Å²) in [6, 6.07) is 13.5. The summed E-state index contributed by atoms with van der Waals surface area (Å²) < 4.78 is 13.3. The molecule has 3 heteroatoms. The Bertz CT molecular complexity index is 1050. The number of rotatable bonds is 4. The number of aromatic nitrogens is 1. The van der Waals surface area contributed by atoms with E-state index in [1.54, 1.807) is 12.1 Å². The van der Waals surface area contributed by atoms with Gasteiger partial charge in [-0.25, -0.2) is 4.39 Å². The molecule has 1 atom stereocenters. The zero-order chi connectivity index (χ0) is 20.7. The lowest BCUT2D eigenvalue weighted by atomic mass is 9.90. The highest BCUT2D eigenvalue weighted by molar-refractivity contribution is 5.49. The molecule has 1 unspecified atom stereocenters. The lowest BCUT2D eigenvalue weighted by Gasteiger charge is -2.18. The van der Waals surface area contributed by atoms with Crippen molar-refractivity contribution in [3.05, 3.63) is 93.1 Å². The summed E-state index contributed by atoms with van der Waals surface area (Å²) in [7, 11) is 0. The predicted molar refractivity (Wildman–Crippen MR) is 115 cm³/mol. The zero-order valence-corrected chi connectivity index (χ0v) is 17.6. The number of hydrogen-bond donors (Lipinski definition) is 1. The van der Waals surface area contributed by atoms with Crippen LogP contribution in [0.15, 0.2) is 42.5 Å². The maximum absolute atomic E-state index is 13.3. The summed E-state index contributed by atoms with van der Waals surface area (Å²) in [5, 5.41) is 10.8. The third kappa shape index (κ3) is 3.66. The Balaban J connectivity index is 1.66. The van der Waals surface area contributed by atoms with Gasteiger partial charge in [0.25, 0.3) is 0 Å². The number of hydrogen-bond acceptors (Lipinski definition) is 2. The highest BCUT2D eigenvalue weighted by Gasteiger charge is 2.25. The molecule has 29 heavy (non-hydrogen) atoms. The normalized spacial score (nSPS) is 15.7. The summed E-state index contributed by atoms with van der Waals surface area (Å²) >= 11 is 0. The predicted octanol–water partition coefficient (Wildman–Crippen LogP) is 6.34. The van der Waals surface area contributed by atoms with Gasteiger partial charge >= 0.3 is 0 Å². The van der Waals surface area contributed by atoms with Gasteiger partial charge in [-0.05, 0) is 67.0 Å². The minimum absolute atomic E-state index is 0.190. The van der Waals surface area contributed by atoms with Gasteiger partial charge in [-0.3, -0.25) is 4.98 Å². The molecule has 1 N–H and O–H groups in total. The topological polar surface area (TPSA) is 33.1 Å². The maximum atomic E-state index is 13.3. The van der Waals surface area contributed by atoms with E-state index in [4.69, 9.17) is 4.98 Å². The molecule has 2 aromatic carbocycles. The standard InChI is InChI=1S/C26H28FNO/c1-15(2)25-24(26(29)16(3)17(4)28-25)14-18-5-11-23-20(13-18)8-12-22(23)19-6-9-21(27)10-7-19/h5-7,9-11,13,15,22H,8,12,14H2,1-4H3,(H,28,29). The first kappa shape index (κ1) is 19.6. The molecule has 2 nitrogen and oxygen atoms in total. The van der Waals surface area contributed by atoms with Crippen LogP contribution >= 0.6 is 0 Å². The van der Waals surface area contributed by atoms with Crippen LogP contribution in [0.5, 0.6) is 5.75 Å². The van der Waals surface area contributed by atoms with Crippen LogP contribution in [0.1, 0.15) is 76.9 Å². The van der Waals surface area contributed by atoms with Crippen LogP contribution in [0.3, 0.4) is 0 Å². The molecule has 0 amide bonds. The summed E-state index contributed by atoms with van der Waals surface area (Å²) in [5.41, 5.74) is 8.76. The van der Waals surface area contributed by atoms with E-state index in [1.807, 2.05) is 26.0 Å². The van der Waals surface area contributed by atoms with E-state index < -0.39 is 0 Å². The number of aryl methyl sites for hydroxylation is 2. The van der Waals surface area contributed by atoms with Gasteiger partial charge in [-0.15, -0.1) is 0 Å². The number of halogens is 1. The van der Waals surface area contributed by atoms with E-state index in [-0.39, 0.29) is 11.7 Å². The van der Waals surface area contributed by atoms with Crippen molar-refractivity contribution in [2.45, 2.75) is 58.8 Å². The van der Waals surface area contributed by atoms with Gasteiger partial charge in [-0.1, -0.05) is 44.2 Å². The average molecular weight is 390 g/mol. The fourth-order valence-electron chi connectivity index (χ4n) is 4.53. The number of pyridine rings is 1. The van der Waals surface area contributed by atoms with Gasteiger partial charge in [-0.2, -0.15) is 0 Å². The van der Waals surface area contributed by atoms with Gasteiger partial charge in [0.2, 0.25) is 0 Å². The van der Waals surface area contributed by atoms with Crippen molar-refractivity contribution < 1.29 is 9.50 Å². The number of nitrogens with zero attached hydrogens (tertiary/aromatic N) is 1. The Morgan fingerprint density at radius 1 is 1.10 bits per heavy atom. The minimum atomic E-state index is -0.190. The van der Waals surface area contributed by atoms with Crippen molar-refractivity contribution >= 4 is 0 Å². The first-order valence-corrected chi connectivity index (χ1v) is 10.4. The molecular weight excluding hydrogens is 361 g/mol. The van der Waals surface area contributed by atoms with E-state index in [0.717, 1.165) is 35.4 Å². The van der Waals surface area contributed by atoms with Crippen LogP contribution in [0, 0.1) is 19.7 Å². The monoisotopic (exact) mass is 389 g/mol. The van der Waals surface area contributed by atoms with Crippen molar-refractivity contribution in [1.29, 1.82) is 0 Å². The first-order chi connectivity index (χ1) is 13.8. The van der Waals surface area contributed by atoms with Crippen molar-refractivity contribution in [3.8, 4) is 5.75 Å². The second-order valence-electron chi connectivity index (χ2n) is 8.54. The number of fused-ring (bicyclic) bond motifs is 1.